The Morgan fingerprint density at radius 3 is 2.50 bits per heavy atom. The Hall–Kier alpha value is -1.87. The number of aryl methyl sites for hydroxylation is 1. The summed E-state index contributed by atoms with van der Waals surface area (Å²) in [6.45, 7) is 4.59. The summed E-state index contributed by atoms with van der Waals surface area (Å²) < 4.78 is 13.9. The van der Waals surface area contributed by atoms with Crippen LogP contribution in [0.4, 0.5) is 10.1 Å². The highest BCUT2D eigenvalue weighted by Gasteiger charge is 2.16. The van der Waals surface area contributed by atoms with Crippen molar-refractivity contribution in [2.24, 2.45) is 5.73 Å². The Kier molecular flexibility index (Phi) is 4.40. The molecular formula is C17H21FN2. The molecule has 0 spiro atoms. The van der Waals surface area contributed by atoms with Crippen LogP contribution in [0.1, 0.15) is 29.7 Å². The summed E-state index contributed by atoms with van der Waals surface area (Å²) in [6, 6.07) is 13.1. The number of benzene rings is 2. The first kappa shape index (κ1) is 14.5. The first-order chi connectivity index (χ1) is 9.54. The molecule has 2 aromatic rings. The molecule has 2 N–H and O–H groups in total. The predicted octanol–water partition coefficient (Wildman–Crippen LogP) is 3.79. The van der Waals surface area contributed by atoms with Crippen LogP contribution in [-0.2, 0) is 6.54 Å². The molecule has 1 unspecified atom stereocenters. The number of halogens is 1. The van der Waals surface area contributed by atoms with E-state index in [1.54, 1.807) is 6.07 Å². The summed E-state index contributed by atoms with van der Waals surface area (Å²) in [5.74, 6) is -0.165. The molecule has 0 aliphatic rings. The van der Waals surface area contributed by atoms with Gasteiger partial charge in [0, 0.05) is 24.8 Å². The lowest BCUT2D eigenvalue weighted by molar-refractivity contribution is 0.585. The SMILES string of the molecule is Cc1cc(N(C)C(C)c2ccccc2F)ccc1CN. The van der Waals surface area contributed by atoms with Gasteiger partial charge in [-0.15, -0.1) is 0 Å². The second kappa shape index (κ2) is 6.06. The fourth-order valence-corrected chi connectivity index (χ4v) is 2.37. The third kappa shape index (κ3) is 2.83. The fraction of sp³-hybridized carbons (Fsp3) is 0.294. The average molecular weight is 272 g/mol. The van der Waals surface area contributed by atoms with Gasteiger partial charge < -0.3 is 10.6 Å². The van der Waals surface area contributed by atoms with Gasteiger partial charge in [0.15, 0.2) is 0 Å². The molecule has 0 radical (unpaired) electrons. The van der Waals surface area contributed by atoms with Crippen molar-refractivity contribution in [2.75, 3.05) is 11.9 Å². The topological polar surface area (TPSA) is 29.3 Å². The Balaban J connectivity index is 2.29. The molecule has 0 aliphatic heterocycles. The summed E-state index contributed by atoms with van der Waals surface area (Å²) >= 11 is 0. The molecule has 0 saturated carbocycles. The summed E-state index contributed by atoms with van der Waals surface area (Å²) in [6.07, 6.45) is 0. The van der Waals surface area contributed by atoms with Crippen LogP contribution in [0, 0.1) is 12.7 Å². The van der Waals surface area contributed by atoms with Gasteiger partial charge in [0.25, 0.3) is 0 Å². The Morgan fingerprint density at radius 1 is 1.20 bits per heavy atom. The maximum Gasteiger partial charge on any atom is 0.128 e. The number of rotatable bonds is 4. The van der Waals surface area contributed by atoms with E-state index >= 15 is 0 Å². The minimum absolute atomic E-state index is 0.0284. The van der Waals surface area contributed by atoms with Gasteiger partial charge in [-0.1, -0.05) is 24.3 Å². The minimum atomic E-state index is -0.165. The molecule has 2 aromatic carbocycles. The normalized spacial score (nSPS) is 12.2. The minimum Gasteiger partial charge on any atom is -0.368 e. The standard InChI is InChI=1S/C17H21FN2/c1-12-10-15(9-8-14(12)11-19)20(3)13(2)16-6-4-5-7-17(16)18/h4-10,13H,11,19H2,1-3H3. The van der Waals surface area contributed by atoms with Crippen molar-refractivity contribution in [1.29, 1.82) is 0 Å². The predicted molar refractivity (Wildman–Crippen MR) is 82.3 cm³/mol. The Bertz CT molecular complexity index is 595. The lowest BCUT2D eigenvalue weighted by Crippen LogP contribution is -2.22. The zero-order valence-corrected chi connectivity index (χ0v) is 12.2. The molecular weight excluding hydrogens is 251 g/mol. The summed E-state index contributed by atoms with van der Waals surface area (Å²) in [5.41, 5.74) is 9.76. The third-order valence-corrected chi connectivity index (χ3v) is 3.89. The first-order valence-electron chi connectivity index (χ1n) is 6.81. The Labute approximate surface area is 120 Å². The van der Waals surface area contributed by atoms with Gasteiger partial charge in [-0.3, -0.25) is 0 Å². The highest BCUT2D eigenvalue weighted by Crippen LogP contribution is 2.28. The highest BCUT2D eigenvalue weighted by molar-refractivity contribution is 5.52. The van der Waals surface area contributed by atoms with E-state index in [9.17, 15) is 4.39 Å². The maximum absolute atomic E-state index is 13.9. The van der Waals surface area contributed by atoms with E-state index in [2.05, 4.69) is 11.0 Å². The molecule has 2 rings (SSSR count). The van der Waals surface area contributed by atoms with Crippen LogP contribution in [0.5, 0.6) is 0 Å². The Morgan fingerprint density at radius 2 is 1.90 bits per heavy atom. The van der Waals surface area contributed by atoms with Crippen LogP contribution < -0.4 is 10.6 Å². The van der Waals surface area contributed by atoms with Gasteiger partial charge in [-0.25, -0.2) is 4.39 Å². The van der Waals surface area contributed by atoms with Gasteiger partial charge in [-0.05, 0) is 43.2 Å². The van der Waals surface area contributed by atoms with Crippen molar-refractivity contribution >= 4 is 5.69 Å². The van der Waals surface area contributed by atoms with Crippen LogP contribution in [0.2, 0.25) is 0 Å². The van der Waals surface area contributed by atoms with E-state index in [1.807, 2.05) is 45.2 Å². The van der Waals surface area contributed by atoms with Crippen molar-refractivity contribution in [1.82, 2.24) is 0 Å². The van der Waals surface area contributed by atoms with Crippen LogP contribution in [-0.4, -0.2) is 7.05 Å². The fourth-order valence-electron chi connectivity index (χ4n) is 2.37. The quantitative estimate of drug-likeness (QED) is 0.917. The lowest BCUT2D eigenvalue weighted by Gasteiger charge is -2.28. The molecule has 0 aliphatic carbocycles. The molecule has 3 heteroatoms. The van der Waals surface area contributed by atoms with E-state index < -0.39 is 0 Å². The zero-order chi connectivity index (χ0) is 14.7. The molecule has 2 nitrogen and oxygen atoms in total. The molecule has 0 heterocycles. The first-order valence-corrected chi connectivity index (χ1v) is 6.81. The van der Waals surface area contributed by atoms with Crippen molar-refractivity contribution in [3.05, 3.63) is 65.0 Å². The van der Waals surface area contributed by atoms with Crippen LogP contribution in [0.15, 0.2) is 42.5 Å². The number of hydrogen-bond acceptors (Lipinski definition) is 2. The number of anilines is 1. The van der Waals surface area contributed by atoms with Crippen molar-refractivity contribution in [3.8, 4) is 0 Å². The van der Waals surface area contributed by atoms with Crippen molar-refractivity contribution in [2.45, 2.75) is 26.4 Å². The van der Waals surface area contributed by atoms with Crippen LogP contribution >= 0.6 is 0 Å². The maximum atomic E-state index is 13.9. The average Bonchev–Trinajstić information content (AvgIpc) is 2.46. The van der Waals surface area contributed by atoms with Crippen molar-refractivity contribution in [3.63, 3.8) is 0 Å². The molecule has 0 bridgehead atoms. The number of nitrogens with two attached hydrogens (primary N) is 1. The zero-order valence-electron chi connectivity index (χ0n) is 12.2. The second-order valence-electron chi connectivity index (χ2n) is 5.12. The smallest absolute Gasteiger partial charge is 0.128 e. The van der Waals surface area contributed by atoms with E-state index in [1.165, 1.54) is 6.07 Å². The van der Waals surface area contributed by atoms with Gasteiger partial charge in [0.2, 0.25) is 0 Å². The molecule has 0 saturated heterocycles. The van der Waals surface area contributed by atoms with E-state index in [4.69, 9.17) is 5.73 Å². The van der Waals surface area contributed by atoms with E-state index in [-0.39, 0.29) is 11.9 Å². The molecule has 0 aromatic heterocycles. The molecule has 20 heavy (non-hydrogen) atoms. The van der Waals surface area contributed by atoms with E-state index in [0.717, 1.165) is 16.8 Å². The van der Waals surface area contributed by atoms with Crippen LogP contribution in [0.25, 0.3) is 0 Å². The van der Waals surface area contributed by atoms with Crippen LogP contribution in [0.3, 0.4) is 0 Å². The molecule has 106 valence electrons. The number of hydrogen-bond donors (Lipinski definition) is 1. The number of nitrogens with zero attached hydrogens (tertiary/aromatic N) is 1. The molecule has 1 atom stereocenters. The molecule has 0 fully saturated rings. The summed E-state index contributed by atoms with van der Waals surface area (Å²) in [5, 5.41) is 0. The van der Waals surface area contributed by atoms with Gasteiger partial charge in [0.1, 0.15) is 5.82 Å². The lowest BCUT2D eigenvalue weighted by atomic mass is 10.0. The summed E-state index contributed by atoms with van der Waals surface area (Å²) in [4.78, 5) is 2.08. The third-order valence-electron chi connectivity index (χ3n) is 3.89. The second-order valence-corrected chi connectivity index (χ2v) is 5.12. The van der Waals surface area contributed by atoms with Crippen molar-refractivity contribution < 1.29 is 4.39 Å². The summed E-state index contributed by atoms with van der Waals surface area (Å²) in [7, 11) is 1.98. The van der Waals surface area contributed by atoms with Gasteiger partial charge in [0.05, 0.1) is 6.04 Å². The van der Waals surface area contributed by atoms with E-state index in [0.29, 0.717) is 12.1 Å². The highest BCUT2D eigenvalue weighted by atomic mass is 19.1. The largest absolute Gasteiger partial charge is 0.368 e. The monoisotopic (exact) mass is 272 g/mol. The van der Waals surface area contributed by atoms with Gasteiger partial charge in [-0.2, -0.15) is 0 Å². The molecule has 0 amide bonds. The van der Waals surface area contributed by atoms with Gasteiger partial charge >= 0.3 is 0 Å².